The van der Waals surface area contributed by atoms with Gasteiger partial charge in [-0.15, -0.1) is 0 Å². The number of nitrogens with zero attached hydrogens (tertiary/aromatic N) is 2. The van der Waals surface area contributed by atoms with Gasteiger partial charge in [0.25, 0.3) is 0 Å². The van der Waals surface area contributed by atoms with Crippen molar-refractivity contribution in [2.24, 2.45) is 5.41 Å². The number of anilines is 1. The van der Waals surface area contributed by atoms with Crippen molar-refractivity contribution in [3.8, 4) is 5.75 Å². The number of para-hydroxylation sites is 1. The third-order valence-corrected chi connectivity index (χ3v) is 6.09. The van der Waals surface area contributed by atoms with Crippen molar-refractivity contribution < 1.29 is 14.3 Å². The molecule has 6 nitrogen and oxygen atoms in total. The Morgan fingerprint density at radius 3 is 3.04 bits per heavy atom. The highest BCUT2D eigenvalue weighted by Gasteiger charge is 2.46. The first kappa shape index (κ1) is 15.4. The molecule has 4 rings (SSSR count). The molecule has 1 aromatic carbocycles. The molecule has 2 aliphatic heterocycles. The number of benzene rings is 1. The third-order valence-electron chi connectivity index (χ3n) is 5.01. The van der Waals surface area contributed by atoms with Gasteiger partial charge < -0.3 is 9.64 Å². The summed E-state index contributed by atoms with van der Waals surface area (Å²) in [6.45, 7) is 1.40. The summed E-state index contributed by atoms with van der Waals surface area (Å²) in [6, 6.07) is 5.89. The fourth-order valence-electron chi connectivity index (χ4n) is 3.66. The second kappa shape index (κ2) is 5.73. The lowest BCUT2D eigenvalue weighted by molar-refractivity contribution is -0.134. The lowest BCUT2D eigenvalue weighted by atomic mass is 9.82. The molecule has 1 atom stereocenters. The van der Waals surface area contributed by atoms with Gasteiger partial charge in [-0.05, 0) is 31.4 Å². The molecule has 0 bridgehead atoms. The summed E-state index contributed by atoms with van der Waals surface area (Å²) >= 11 is 1.61. The van der Waals surface area contributed by atoms with E-state index in [4.69, 9.17) is 9.72 Å². The van der Waals surface area contributed by atoms with Crippen LogP contribution in [-0.4, -0.2) is 37.0 Å². The Hall–Kier alpha value is -2.15. The summed E-state index contributed by atoms with van der Waals surface area (Å²) in [4.78, 5) is 31.0. The maximum atomic E-state index is 12.5. The number of fused-ring (bicyclic) bond motifs is 1. The minimum atomic E-state index is -0.464. The number of imide groups is 1. The number of amides is 2. The Balaban J connectivity index is 1.63. The van der Waals surface area contributed by atoms with Gasteiger partial charge in [0.05, 0.1) is 17.2 Å². The smallest absolute Gasteiger partial charge is 0.234 e. The van der Waals surface area contributed by atoms with Gasteiger partial charge in [-0.25, -0.2) is 4.98 Å². The average molecular weight is 345 g/mol. The molecule has 3 heterocycles. The van der Waals surface area contributed by atoms with E-state index in [0.717, 1.165) is 46.9 Å². The first-order chi connectivity index (χ1) is 11.6. The van der Waals surface area contributed by atoms with Gasteiger partial charge in [-0.3, -0.25) is 14.9 Å². The molecule has 126 valence electrons. The number of thiazole rings is 1. The van der Waals surface area contributed by atoms with Crippen LogP contribution in [0.4, 0.5) is 5.13 Å². The van der Waals surface area contributed by atoms with Crippen molar-refractivity contribution in [2.75, 3.05) is 25.1 Å². The molecular formula is C17H19N3O3S. The van der Waals surface area contributed by atoms with Gasteiger partial charge in [-0.2, -0.15) is 0 Å². The van der Waals surface area contributed by atoms with Crippen LogP contribution < -0.4 is 15.0 Å². The highest BCUT2D eigenvalue weighted by molar-refractivity contribution is 7.22. The second-order valence-electron chi connectivity index (χ2n) is 6.49. The number of nitrogens with one attached hydrogen (secondary N) is 1. The van der Waals surface area contributed by atoms with Crippen LogP contribution in [0, 0.1) is 5.41 Å². The maximum absolute atomic E-state index is 12.5. The summed E-state index contributed by atoms with van der Waals surface area (Å²) in [7, 11) is 1.64. The number of methoxy groups -OCH3 is 1. The normalized spacial score (nSPS) is 24.5. The largest absolute Gasteiger partial charge is 0.494 e. The highest BCUT2D eigenvalue weighted by Crippen LogP contribution is 2.42. The van der Waals surface area contributed by atoms with Gasteiger partial charge in [0.15, 0.2) is 5.13 Å². The van der Waals surface area contributed by atoms with Crippen LogP contribution >= 0.6 is 11.3 Å². The summed E-state index contributed by atoms with van der Waals surface area (Å²) in [5.74, 6) is 0.493. The molecule has 2 aromatic rings. The van der Waals surface area contributed by atoms with Gasteiger partial charge in [0.2, 0.25) is 11.8 Å². The zero-order valence-electron chi connectivity index (χ0n) is 13.5. The molecule has 2 fully saturated rings. The molecule has 0 aliphatic carbocycles. The molecule has 2 amide bonds. The third kappa shape index (κ3) is 2.43. The van der Waals surface area contributed by atoms with Gasteiger partial charge in [-0.1, -0.05) is 17.4 Å². The van der Waals surface area contributed by atoms with Crippen LogP contribution in [0.5, 0.6) is 5.75 Å². The highest BCUT2D eigenvalue weighted by atomic mass is 32.1. The molecule has 0 radical (unpaired) electrons. The van der Waals surface area contributed by atoms with Crippen molar-refractivity contribution in [3.63, 3.8) is 0 Å². The van der Waals surface area contributed by atoms with E-state index in [1.807, 2.05) is 18.2 Å². The molecule has 2 saturated heterocycles. The number of carbonyl (C=O) groups excluding carboxylic acids is 2. The molecular weight excluding hydrogens is 326 g/mol. The van der Waals surface area contributed by atoms with Gasteiger partial charge >= 0.3 is 0 Å². The minimum Gasteiger partial charge on any atom is -0.494 e. The Kier molecular flexibility index (Phi) is 3.68. The molecule has 1 aromatic heterocycles. The predicted molar refractivity (Wildman–Crippen MR) is 92.4 cm³/mol. The van der Waals surface area contributed by atoms with E-state index in [0.29, 0.717) is 13.0 Å². The average Bonchev–Trinajstić information content (AvgIpc) is 3.15. The monoisotopic (exact) mass is 345 g/mol. The molecule has 2 aliphatic rings. The zero-order valence-corrected chi connectivity index (χ0v) is 14.3. The number of ether oxygens (including phenoxy) is 1. The fraction of sp³-hybridized carbons (Fsp3) is 0.471. The van der Waals surface area contributed by atoms with Crippen LogP contribution in [0.2, 0.25) is 0 Å². The van der Waals surface area contributed by atoms with Crippen LogP contribution in [0.1, 0.15) is 25.7 Å². The van der Waals surface area contributed by atoms with Crippen LogP contribution in [0.3, 0.4) is 0 Å². The van der Waals surface area contributed by atoms with Crippen LogP contribution in [-0.2, 0) is 9.59 Å². The Bertz CT molecular complexity index is 819. The second-order valence-corrected chi connectivity index (χ2v) is 7.50. The van der Waals surface area contributed by atoms with Crippen molar-refractivity contribution in [1.29, 1.82) is 0 Å². The molecule has 1 spiro atoms. The lowest BCUT2D eigenvalue weighted by Crippen LogP contribution is -2.43. The quantitative estimate of drug-likeness (QED) is 0.846. The van der Waals surface area contributed by atoms with E-state index in [2.05, 4.69) is 10.2 Å². The van der Waals surface area contributed by atoms with Gasteiger partial charge in [0, 0.05) is 19.5 Å². The molecule has 1 N–H and O–H groups in total. The van der Waals surface area contributed by atoms with Crippen molar-refractivity contribution in [3.05, 3.63) is 18.2 Å². The number of carbonyl (C=O) groups is 2. The summed E-state index contributed by atoms with van der Waals surface area (Å²) in [6.07, 6.45) is 2.72. The summed E-state index contributed by atoms with van der Waals surface area (Å²) in [5.41, 5.74) is 0.398. The molecule has 24 heavy (non-hydrogen) atoms. The topological polar surface area (TPSA) is 71.5 Å². The van der Waals surface area contributed by atoms with E-state index in [-0.39, 0.29) is 11.8 Å². The van der Waals surface area contributed by atoms with E-state index in [1.165, 1.54) is 0 Å². The van der Waals surface area contributed by atoms with Gasteiger partial charge in [0.1, 0.15) is 11.3 Å². The number of hydrogen-bond donors (Lipinski definition) is 1. The Labute approximate surface area is 143 Å². The van der Waals surface area contributed by atoms with Crippen molar-refractivity contribution in [2.45, 2.75) is 25.7 Å². The number of rotatable bonds is 2. The van der Waals surface area contributed by atoms with Crippen LogP contribution in [0.15, 0.2) is 18.2 Å². The molecule has 7 heteroatoms. The van der Waals surface area contributed by atoms with Crippen molar-refractivity contribution in [1.82, 2.24) is 10.3 Å². The fourth-order valence-corrected chi connectivity index (χ4v) is 4.67. The summed E-state index contributed by atoms with van der Waals surface area (Å²) in [5, 5.41) is 3.46. The molecule has 1 unspecified atom stereocenters. The maximum Gasteiger partial charge on any atom is 0.234 e. The first-order valence-electron chi connectivity index (χ1n) is 8.14. The zero-order chi connectivity index (χ0) is 16.7. The minimum absolute atomic E-state index is 0.119. The molecule has 0 saturated carbocycles. The number of aromatic nitrogens is 1. The van der Waals surface area contributed by atoms with E-state index in [1.54, 1.807) is 18.4 Å². The lowest BCUT2D eigenvalue weighted by Gasteiger charge is -2.25. The standard InChI is InChI=1S/C17H19N3O3S/c1-23-11-4-2-5-12-14(11)19-16(24-12)20-9-8-17(10-20)7-3-6-13(21)18-15(17)22/h2,4-5H,3,6-10H2,1H3,(H,18,21,22). The van der Waals surface area contributed by atoms with Crippen molar-refractivity contribution >= 4 is 38.5 Å². The van der Waals surface area contributed by atoms with E-state index >= 15 is 0 Å². The van der Waals surface area contributed by atoms with E-state index in [9.17, 15) is 9.59 Å². The predicted octanol–water partition coefficient (Wildman–Crippen LogP) is 2.33. The van der Waals surface area contributed by atoms with E-state index < -0.39 is 5.41 Å². The Morgan fingerprint density at radius 2 is 2.21 bits per heavy atom. The number of hydrogen-bond acceptors (Lipinski definition) is 6. The SMILES string of the molecule is COc1cccc2sc(N3CCC4(CCCC(=O)NC4=O)C3)nc12. The first-order valence-corrected chi connectivity index (χ1v) is 8.96. The van der Waals surface area contributed by atoms with Crippen LogP contribution in [0.25, 0.3) is 10.2 Å². The Morgan fingerprint density at radius 1 is 1.33 bits per heavy atom. The summed E-state index contributed by atoms with van der Waals surface area (Å²) < 4.78 is 6.46.